The molecule has 0 heterocycles. The molecule has 0 aromatic heterocycles. The van der Waals surface area contributed by atoms with Gasteiger partial charge in [-0.1, -0.05) is 70.4 Å². The summed E-state index contributed by atoms with van der Waals surface area (Å²) >= 11 is 1.71. The van der Waals surface area contributed by atoms with E-state index in [4.69, 9.17) is 0 Å². The molecule has 4 heteroatoms. The molecule has 0 aliphatic rings. The molecule has 1 aromatic carbocycles. The lowest BCUT2D eigenvalue weighted by Gasteiger charge is -2.02. The summed E-state index contributed by atoms with van der Waals surface area (Å²) in [6.45, 7) is 2.25. The number of amides is 1. The number of hydrazone groups is 1. The average Bonchev–Trinajstić information content (AvgIpc) is 2.61. The Hall–Kier alpha value is -1.29. The third kappa shape index (κ3) is 10.5. The molecular formula is C20H32N2OS. The van der Waals surface area contributed by atoms with Gasteiger partial charge in [-0.05, 0) is 30.4 Å². The maximum Gasteiger partial charge on any atom is 0.240 e. The quantitative estimate of drug-likeness (QED) is 0.212. The van der Waals surface area contributed by atoms with Crippen molar-refractivity contribution < 1.29 is 4.79 Å². The highest BCUT2D eigenvalue weighted by Crippen LogP contribution is 2.14. The van der Waals surface area contributed by atoms with E-state index in [0.717, 1.165) is 18.4 Å². The minimum atomic E-state index is 0.00919. The van der Waals surface area contributed by atoms with Gasteiger partial charge in [0.25, 0.3) is 0 Å². The predicted molar refractivity (Wildman–Crippen MR) is 106 cm³/mol. The molecule has 0 unspecified atom stereocenters. The Labute approximate surface area is 151 Å². The first-order valence-electron chi connectivity index (χ1n) is 9.22. The number of hydrogen-bond acceptors (Lipinski definition) is 3. The van der Waals surface area contributed by atoms with Crippen LogP contribution in [0.2, 0.25) is 0 Å². The van der Waals surface area contributed by atoms with Gasteiger partial charge in [-0.25, -0.2) is 5.43 Å². The highest BCUT2D eigenvalue weighted by atomic mass is 32.2. The lowest BCUT2D eigenvalue weighted by Crippen LogP contribution is -2.16. The molecule has 1 amide bonds. The molecule has 24 heavy (non-hydrogen) atoms. The predicted octanol–water partition coefficient (Wildman–Crippen LogP) is 5.78. The Kier molecular flexibility index (Phi) is 12.2. The summed E-state index contributed by atoms with van der Waals surface area (Å²) in [6, 6.07) is 8.11. The molecule has 1 N–H and O–H groups in total. The summed E-state index contributed by atoms with van der Waals surface area (Å²) < 4.78 is 0. The number of carbonyl (C=O) groups excluding carboxylic acids is 1. The Balaban J connectivity index is 2.02. The van der Waals surface area contributed by atoms with Crippen molar-refractivity contribution in [1.29, 1.82) is 0 Å². The van der Waals surface area contributed by atoms with E-state index < -0.39 is 0 Å². The first-order valence-corrected chi connectivity index (χ1v) is 10.4. The van der Waals surface area contributed by atoms with Crippen molar-refractivity contribution in [3.8, 4) is 0 Å². The average molecular weight is 349 g/mol. The van der Waals surface area contributed by atoms with Crippen molar-refractivity contribution in [3.05, 3.63) is 29.8 Å². The van der Waals surface area contributed by atoms with Gasteiger partial charge in [0.2, 0.25) is 5.91 Å². The van der Waals surface area contributed by atoms with Gasteiger partial charge in [-0.15, -0.1) is 11.8 Å². The molecule has 1 rings (SSSR count). The maximum absolute atomic E-state index is 11.7. The zero-order chi connectivity index (χ0) is 17.5. The van der Waals surface area contributed by atoms with Gasteiger partial charge in [-0.3, -0.25) is 4.79 Å². The van der Waals surface area contributed by atoms with Crippen LogP contribution < -0.4 is 5.43 Å². The van der Waals surface area contributed by atoms with Crippen LogP contribution in [0.25, 0.3) is 0 Å². The maximum atomic E-state index is 11.7. The molecule has 0 fully saturated rings. The van der Waals surface area contributed by atoms with Crippen LogP contribution in [0.3, 0.4) is 0 Å². The van der Waals surface area contributed by atoms with E-state index >= 15 is 0 Å². The second-order valence-corrected chi connectivity index (χ2v) is 7.02. The van der Waals surface area contributed by atoms with Gasteiger partial charge >= 0.3 is 0 Å². The van der Waals surface area contributed by atoms with E-state index in [-0.39, 0.29) is 5.91 Å². The second-order valence-electron chi connectivity index (χ2n) is 6.14. The lowest BCUT2D eigenvalue weighted by atomic mass is 10.1. The fraction of sp³-hybridized carbons (Fsp3) is 0.600. The van der Waals surface area contributed by atoms with Crippen LogP contribution in [0.5, 0.6) is 0 Å². The molecule has 0 bridgehead atoms. The fourth-order valence-electron chi connectivity index (χ4n) is 2.52. The van der Waals surface area contributed by atoms with Crippen LogP contribution >= 0.6 is 11.8 Å². The molecule has 0 spiro atoms. The number of rotatable bonds is 13. The number of hydrogen-bond donors (Lipinski definition) is 1. The van der Waals surface area contributed by atoms with Crippen molar-refractivity contribution in [2.45, 2.75) is 76.0 Å². The van der Waals surface area contributed by atoms with Crippen molar-refractivity contribution in [3.63, 3.8) is 0 Å². The summed E-state index contributed by atoms with van der Waals surface area (Å²) in [5.74, 6) is 0.00919. The van der Waals surface area contributed by atoms with Gasteiger partial charge in [-0.2, -0.15) is 5.10 Å². The molecule has 134 valence electrons. The molecule has 0 aliphatic carbocycles. The van der Waals surface area contributed by atoms with E-state index in [2.05, 4.69) is 35.8 Å². The van der Waals surface area contributed by atoms with Crippen LogP contribution in [0.4, 0.5) is 0 Å². The Morgan fingerprint density at radius 2 is 1.58 bits per heavy atom. The minimum absolute atomic E-state index is 0.00919. The van der Waals surface area contributed by atoms with Crippen LogP contribution in [0.15, 0.2) is 34.3 Å². The van der Waals surface area contributed by atoms with Crippen molar-refractivity contribution in [2.24, 2.45) is 5.10 Å². The Morgan fingerprint density at radius 1 is 1.00 bits per heavy atom. The van der Waals surface area contributed by atoms with E-state index in [1.165, 1.54) is 49.8 Å². The lowest BCUT2D eigenvalue weighted by molar-refractivity contribution is -0.121. The van der Waals surface area contributed by atoms with Gasteiger partial charge in [0.05, 0.1) is 6.21 Å². The number of thioether (sulfide) groups is 1. The van der Waals surface area contributed by atoms with Gasteiger partial charge < -0.3 is 0 Å². The summed E-state index contributed by atoms with van der Waals surface area (Å²) in [6.07, 6.45) is 15.7. The highest BCUT2D eigenvalue weighted by Gasteiger charge is 1.99. The van der Waals surface area contributed by atoms with Crippen molar-refractivity contribution >= 4 is 23.9 Å². The van der Waals surface area contributed by atoms with E-state index in [9.17, 15) is 4.79 Å². The second kappa shape index (κ2) is 14.1. The minimum Gasteiger partial charge on any atom is -0.273 e. The monoisotopic (exact) mass is 348 g/mol. The summed E-state index contributed by atoms with van der Waals surface area (Å²) in [5.41, 5.74) is 3.61. The Morgan fingerprint density at radius 3 is 2.17 bits per heavy atom. The molecular weight excluding hydrogens is 316 g/mol. The molecule has 3 nitrogen and oxygen atoms in total. The number of carbonyl (C=O) groups is 1. The normalized spacial score (nSPS) is 11.1. The van der Waals surface area contributed by atoms with Crippen molar-refractivity contribution in [1.82, 2.24) is 5.43 Å². The molecule has 0 saturated carbocycles. The standard InChI is InChI=1S/C20H32N2OS/c1-3-4-5-6-7-8-9-10-11-12-20(23)22-21-17-18-13-15-19(24-2)16-14-18/h13-17H,3-12H2,1-2H3,(H,22,23)/b21-17+. The number of nitrogens with one attached hydrogen (secondary N) is 1. The molecule has 1 aromatic rings. The van der Waals surface area contributed by atoms with Gasteiger partial charge in [0, 0.05) is 11.3 Å². The van der Waals surface area contributed by atoms with Gasteiger partial charge in [0.1, 0.15) is 0 Å². The van der Waals surface area contributed by atoms with Crippen LogP contribution in [0.1, 0.15) is 76.7 Å². The third-order valence-corrected chi connectivity index (χ3v) is 4.77. The number of benzene rings is 1. The largest absolute Gasteiger partial charge is 0.273 e. The van der Waals surface area contributed by atoms with Crippen molar-refractivity contribution in [2.75, 3.05) is 6.26 Å². The zero-order valence-electron chi connectivity index (χ0n) is 15.2. The summed E-state index contributed by atoms with van der Waals surface area (Å²) in [7, 11) is 0. The topological polar surface area (TPSA) is 41.5 Å². The first kappa shape index (κ1) is 20.8. The highest BCUT2D eigenvalue weighted by molar-refractivity contribution is 7.98. The Bertz CT molecular complexity index is 471. The smallest absolute Gasteiger partial charge is 0.240 e. The van der Waals surface area contributed by atoms with Gasteiger partial charge in [0.15, 0.2) is 0 Å². The van der Waals surface area contributed by atoms with Crippen LogP contribution in [0, 0.1) is 0 Å². The molecule has 0 atom stereocenters. The van der Waals surface area contributed by atoms with E-state index in [0.29, 0.717) is 6.42 Å². The molecule has 0 saturated heterocycles. The van der Waals surface area contributed by atoms with E-state index in [1.807, 2.05) is 12.1 Å². The summed E-state index contributed by atoms with van der Waals surface area (Å²) in [4.78, 5) is 12.9. The number of nitrogens with zero attached hydrogens (tertiary/aromatic N) is 1. The third-order valence-electron chi connectivity index (χ3n) is 4.03. The van der Waals surface area contributed by atoms with Crippen LogP contribution in [-0.4, -0.2) is 18.4 Å². The fourth-order valence-corrected chi connectivity index (χ4v) is 2.93. The molecule has 0 aliphatic heterocycles. The van der Waals surface area contributed by atoms with E-state index in [1.54, 1.807) is 18.0 Å². The molecule has 0 radical (unpaired) electrons. The number of unbranched alkanes of at least 4 members (excludes halogenated alkanes) is 8. The van der Waals surface area contributed by atoms with Crippen LogP contribution in [-0.2, 0) is 4.79 Å². The SMILES string of the molecule is CCCCCCCCCCCC(=O)N/N=C/c1ccc(SC)cc1. The first-order chi connectivity index (χ1) is 11.8. The summed E-state index contributed by atoms with van der Waals surface area (Å²) in [5, 5.41) is 4.02. The zero-order valence-corrected chi connectivity index (χ0v) is 16.0.